The number of fused-ring (bicyclic) bond motifs is 1. The standard InChI is InChI=1S/C21H19N4O2/c22-20(23)15-6-4-14(5-7-15)13-25-21(27)19-3-1-2-16-12-17(24-10-11-26)8-9-18(16)19/h1-9,12,24H,10,13H2,(H3,22,23)(H,25,27). The van der Waals surface area contributed by atoms with E-state index in [1.165, 1.54) is 0 Å². The monoisotopic (exact) mass is 359 g/mol. The third-order valence-corrected chi connectivity index (χ3v) is 4.21. The van der Waals surface area contributed by atoms with Crippen LogP contribution >= 0.6 is 0 Å². The summed E-state index contributed by atoms with van der Waals surface area (Å²) in [5, 5.41) is 15.0. The summed E-state index contributed by atoms with van der Waals surface area (Å²) in [5.41, 5.74) is 8.40. The molecule has 3 aromatic carbocycles. The first-order valence-corrected chi connectivity index (χ1v) is 8.41. The molecule has 0 unspecified atom stereocenters. The molecule has 27 heavy (non-hydrogen) atoms. The van der Waals surface area contributed by atoms with Crippen LogP contribution in [-0.2, 0) is 11.3 Å². The molecule has 0 aromatic heterocycles. The zero-order chi connectivity index (χ0) is 19.2. The van der Waals surface area contributed by atoms with E-state index in [1.54, 1.807) is 24.5 Å². The van der Waals surface area contributed by atoms with Gasteiger partial charge in [-0.2, -0.15) is 0 Å². The van der Waals surface area contributed by atoms with E-state index in [-0.39, 0.29) is 18.3 Å². The minimum absolute atomic E-state index is 0.0150. The number of benzene rings is 3. The number of nitrogen functional groups attached to an aromatic ring is 1. The number of carbonyl (C=O) groups is 1. The lowest BCUT2D eigenvalue weighted by atomic mass is 10.0. The minimum Gasteiger partial charge on any atom is -0.384 e. The summed E-state index contributed by atoms with van der Waals surface area (Å²) in [6.07, 6.45) is 1.79. The number of nitrogens with one attached hydrogen (secondary N) is 3. The zero-order valence-corrected chi connectivity index (χ0v) is 14.6. The van der Waals surface area contributed by atoms with Crippen molar-refractivity contribution < 1.29 is 9.59 Å². The number of rotatable bonds is 7. The van der Waals surface area contributed by atoms with Gasteiger partial charge < -0.3 is 16.4 Å². The van der Waals surface area contributed by atoms with Crippen LogP contribution in [-0.4, -0.2) is 24.6 Å². The van der Waals surface area contributed by atoms with Crippen molar-refractivity contribution in [2.45, 2.75) is 6.54 Å². The zero-order valence-electron chi connectivity index (χ0n) is 14.6. The molecular weight excluding hydrogens is 340 g/mol. The average Bonchev–Trinajstić information content (AvgIpc) is 2.70. The first kappa shape index (κ1) is 18.1. The average molecular weight is 359 g/mol. The summed E-state index contributed by atoms with van der Waals surface area (Å²) in [7, 11) is 0. The van der Waals surface area contributed by atoms with E-state index >= 15 is 0 Å². The number of nitrogens with two attached hydrogens (primary N) is 1. The van der Waals surface area contributed by atoms with Gasteiger partial charge in [0.25, 0.3) is 5.91 Å². The highest BCUT2D eigenvalue weighted by Crippen LogP contribution is 2.22. The summed E-state index contributed by atoms with van der Waals surface area (Å²) in [6.45, 7) is 0.496. The van der Waals surface area contributed by atoms with E-state index in [0.29, 0.717) is 17.7 Å². The van der Waals surface area contributed by atoms with E-state index in [1.807, 2.05) is 42.5 Å². The smallest absolute Gasteiger partial charge is 0.252 e. The second kappa shape index (κ2) is 8.14. The summed E-state index contributed by atoms with van der Waals surface area (Å²) in [5.74, 6) is -0.153. The molecule has 1 amide bonds. The maximum Gasteiger partial charge on any atom is 0.252 e. The van der Waals surface area contributed by atoms with Crippen LogP contribution in [0.3, 0.4) is 0 Å². The van der Waals surface area contributed by atoms with Crippen LogP contribution in [0.2, 0.25) is 0 Å². The fourth-order valence-corrected chi connectivity index (χ4v) is 2.81. The van der Waals surface area contributed by atoms with Crippen molar-refractivity contribution in [3.63, 3.8) is 0 Å². The Hall–Kier alpha value is -3.67. The molecule has 0 fully saturated rings. The van der Waals surface area contributed by atoms with Crippen molar-refractivity contribution in [1.29, 1.82) is 5.41 Å². The van der Waals surface area contributed by atoms with Crippen molar-refractivity contribution in [3.05, 3.63) is 77.4 Å². The molecule has 1 radical (unpaired) electrons. The SMILES string of the molecule is N=C(N)c1ccc(CNC(=O)c2cccc3cc(NC[C]=O)ccc23)cc1. The lowest BCUT2D eigenvalue weighted by molar-refractivity contribution is 0.0952. The van der Waals surface area contributed by atoms with Gasteiger partial charge in [-0.15, -0.1) is 0 Å². The van der Waals surface area contributed by atoms with E-state index < -0.39 is 0 Å². The Morgan fingerprint density at radius 1 is 1.07 bits per heavy atom. The molecule has 0 saturated carbocycles. The second-order valence-electron chi connectivity index (χ2n) is 6.03. The molecule has 0 aliphatic rings. The summed E-state index contributed by atoms with van der Waals surface area (Å²) >= 11 is 0. The van der Waals surface area contributed by atoms with Crippen LogP contribution in [0.1, 0.15) is 21.5 Å². The molecule has 0 heterocycles. The quantitative estimate of drug-likeness (QED) is 0.384. The van der Waals surface area contributed by atoms with Crippen LogP contribution in [0.25, 0.3) is 10.8 Å². The summed E-state index contributed by atoms with van der Waals surface area (Å²) < 4.78 is 0. The first-order valence-electron chi connectivity index (χ1n) is 8.41. The molecule has 0 aliphatic heterocycles. The molecule has 0 atom stereocenters. The molecule has 0 bridgehead atoms. The number of amidine groups is 1. The minimum atomic E-state index is -0.168. The molecule has 3 aromatic rings. The molecule has 6 heteroatoms. The van der Waals surface area contributed by atoms with Crippen molar-refractivity contribution in [3.8, 4) is 0 Å². The van der Waals surface area contributed by atoms with E-state index in [2.05, 4.69) is 10.6 Å². The molecule has 5 N–H and O–H groups in total. The lowest BCUT2D eigenvalue weighted by Crippen LogP contribution is -2.23. The lowest BCUT2D eigenvalue weighted by Gasteiger charge is -2.10. The van der Waals surface area contributed by atoms with Gasteiger partial charge in [0.05, 0.1) is 6.54 Å². The number of amides is 1. The highest BCUT2D eigenvalue weighted by atomic mass is 16.1. The van der Waals surface area contributed by atoms with Crippen LogP contribution in [0, 0.1) is 5.41 Å². The van der Waals surface area contributed by atoms with E-state index in [9.17, 15) is 9.59 Å². The Morgan fingerprint density at radius 3 is 2.56 bits per heavy atom. The highest BCUT2D eigenvalue weighted by molar-refractivity contribution is 6.07. The molecule has 0 saturated heterocycles. The molecule has 0 spiro atoms. The van der Waals surface area contributed by atoms with Gasteiger partial charge in [-0.1, -0.05) is 42.5 Å². The van der Waals surface area contributed by atoms with Gasteiger partial charge in [-0.25, -0.2) is 0 Å². The Labute approximate surface area is 156 Å². The van der Waals surface area contributed by atoms with Gasteiger partial charge >= 0.3 is 0 Å². The topological polar surface area (TPSA) is 108 Å². The normalized spacial score (nSPS) is 10.4. The molecule has 135 valence electrons. The van der Waals surface area contributed by atoms with Crippen molar-refractivity contribution >= 4 is 34.5 Å². The number of anilines is 1. The first-order chi connectivity index (χ1) is 13.1. The van der Waals surface area contributed by atoms with Crippen LogP contribution in [0.4, 0.5) is 5.69 Å². The van der Waals surface area contributed by atoms with Crippen LogP contribution in [0.5, 0.6) is 0 Å². The maximum atomic E-state index is 12.6. The Morgan fingerprint density at radius 2 is 1.85 bits per heavy atom. The second-order valence-corrected chi connectivity index (χ2v) is 6.03. The van der Waals surface area contributed by atoms with Gasteiger partial charge in [-0.3, -0.25) is 15.0 Å². The summed E-state index contributed by atoms with van der Waals surface area (Å²) in [4.78, 5) is 23.0. The predicted octanol–water partition coefficient (Wildman–Crippen LogP) is 2.58. The highest BCUT2D eigenvalue weighted by Gasteiger charge is 2.10. The number of carbonyl (C=O) groups excluding carboxylic acids is 2. The number of hydrogen-bond acceptors (Lipinski definition) is 4. The van der Waals surface area contributed by atoms with Gasteiger partial charge in [0.2, 0.25) is 6.29 Å². The molecular formula is C21H19N4O2. The van der Waals surface area contributed by atoms with Gasteiger partial charge in [0, 0.05) is 23.4 Å². The maximum absolute atomic E-state index is 12.6. The third-order valence-electron chi connectivity index (χ3n) is 4.21. The Balaban J connectivity index is 1.74. The van der Waals surface area contributed by atoms with Gasteiger partial charge in [0.1, 0.15) is 5.84 Å². The van der Waals surface area contributed by atoms with Crippen molar-refractivity contribution in [1.82, 2.24) is 5.32 Å². The van der Waals surface area contributed by atoms with Crippen LogP contribution in [0.15, 0.2) is 60.7 Å². The fourth-order valence-electron chi connectivity index (χ4n) is 2.81. The molecule has 6 nitrogen and oxygen atoms in total. The Kier molecular flexibility index (Phi) is 5.47. The van der Waals surface area contributed by atoms with E-state index in [0.717, 1.165) is 22.0 Å². The third kappa shape index (κ3) is 4.30. The van der Waals surface area contributed by atoms with Crippen LogP contribution < -0.4 is 16.4 Å². The summed E-state index contributed by atoms with van der Waals surface area (Å²) in [6, 6.07) is 18.3. The molecule has 0 aliphatic carbocycles. The fraction of sp³-hybridized carbons (Fsp3) is 0.0952. The number of hydrogen-bond donors (Lipinski definition) is 4. The van der Waals surface area contributed by atoms with Gasteiger partial charge in [0.15, 0.2) is 0 Å². The van der Waals surface area contributed by atoms with Crippen molar-refractivity contribution in [2.24, 2.45) is 5.73 Å². The van der Waals surface area contributed by atoms with E-state index in [4.69, 9.17) is 11.1 Å². The largest absolute Gasteiger partial charge is 0.384 e. The van der Waals surface area contributed by atoms with Gasteiger partial charge in [-0.05, 0) is 34.5 Å². The van der Waals surface area contributed by atoms with Crippen molar-refractivity contribution in [2.75, 3.05) is 11.9 Å². The molecule has 3 rings (SSSR count). The Bertz CT molecular complexity index is 997. The predicted molar refractivity (Wildman–Crippen MR) is 107 cm³/mol.